The maximum absolute atomic E-state index is 11.9. The van der Waals surface area contributed by atoms with E-state index < -0.39 is 20.0 Å². The number of hydrogen-bond donors (Lipinski definition) is 2. The van der Waals surface area contributed by atoms with E-state index in [2.05, 4.69) is 9.44 Å². The Kier molecular flexibility index (Phi) is 5.08. The summed E-state index contributed by atoms with van der Waals surface area (Å²) in [7, 11) is -5.80. The smallest absolute Gasteiger partial charge is 0.218 e. The van der Waals surface area contributed by atoms with E-state index in [1.54, 1.807) is 12.1 Å². The molecule has 0 spiro atoms. The van der Waals surface area contributed by atoms with Crippen molar-refractivity contribution in [2.24, 2.45) is 0 Å². The van der Waals surface area contributed by atoms with Crippen molar-refractivity contribution in [3.63, 3.8) is 0 Å². The molecule has 0 amide bonds. The average molecular weight is 306 g/mol. The molecule has 1 aromatic rings. The third-order valence-electron chi connectivity index (χ3n) is 2.76. The summed E-state index contributed by atoms with van der Waals surface area (Å²) in [6, 6.07) is 4.77. The van der Waals surface area contributed by atoms with Gasteiger partial charge < -0.3 is 0 Å². The minimum absolute atomic E-state index is 0.137. The van der Waals surface area contributed by atoms with Crippen LogP contribution in [0.3, 0.4) is 0 Å². The summed E-state index contributed by atoms with van der Waals surface area (Å²) in [6.45, 7) is 3.54. The van der Waals surface area contributed by atoms with Gasteiger partial charge in [-0.2, -0.15) is 0 Å². The SMILES string of the molecule is CNS(=O)(=O)CCNS(=O)(=O)c1ccc(C)c(C)c1. The first-order valence-corrected chi connectivity index (χ1v) is 8.79. The van der Waals surface area contributed by atoms with E-state index in [9.17, 15) is 16.8 Å². The van der Waals surface area contributed by atoms with E-state index in [-0.39, 0.29) is 17.2 Å². The Labute approximate surface area is 114 Å². The van der Waals surface area contributed by atoms with Crippen molar-refractivity contribution >= 4 is 20.0 Å². The van der Waals surface area contributed by atoms with Crippen LogP contribution in [0.15, 0.2) is 23.1 Å². The van der Waals surface area contributed by atoms with Crippen molar-refractivity contribution in [1.29, 1.82) is 0 Å². The predicted octanol–water partition coefficient (Wildman–Crippen LogP) is 0.131. The molecule has 0 aliphatic rings. The Bertz CT molecular complexity index is 651. The van der Waals surface area contributed by atoms with Gasteiger partial charge in [-0.1, -0.05) is 6.07 Å². The second kappa shape index (κ2) is 6.00. The zero-order valence-corrected chi connectivity index (χ0v) is 12.7. The lowest BCUT2D eigenvalue weighted by Gasteiger charge is -2.08. The van der Waals surface area contributed by atoms with E-state index in [1.807, 2.05) is 13.8 Å². The van der Waals surface area contributed by atoms with Crippen LogP contribution in [-0.4, -0.2) is 36.2 Å². The van der Waals surface area contributed by atoms with Crippen molar-refractivity contribution in [2.75, 3.05) is 19.3 Å². The van der Waals surface area contributed by atoms with Crippen molar-refractivity contribution in [3.05, 3.63) is 29.3 Å². The molecule has 8 heteroatoms. The van der Waals surface area contributed by atoms with Gasteiger partial charge in [-0.25, -0.2) is 26.3 Å². The lowest BCUT2D eigenvalue weighted by atomic mass is 10.1. The highest BCUT2D eigenvalue weighted by Gasteiger charge is 2.15. The van der Waals surface area contributed by atoms with Crippen LogP contribution in [0.1, 0.15) is 11.1 Å². The summed E-state index contributed by atoms with van der Waals surface area (Å²) < 4.78 is 50.6. The molecule has 1 aromatic carbocycles. The summed E-state index contributed by atoms with van der Waals surface area (Å²) in [5.74, 6) is -0.298. The summed E-state index contributed by atoms with van der Waals surface area (Å²) in [4.78, 5) is 0.137. The number of benzene rings is 1. The van der Waals surface area contributed by atoms with Gasteiger partial charge >= 0.3 is 0 Å². The molecule has 0 saturated carbocycles. The lowest BCUT2D eigenvalue weighted by Crippen LogP contribution is -2.33. The Morgan fingerprint density at radius 1 is 1.05 bits per heavy atom. The quantitative estimate of drug-likeness (QED) is 0.781. The van der Waals surface area contributed by atoms with Crippen LogP contribution < -0.4 is 9.44 Å². The second-order valence-corrected chi connectivity index (χ2v) is 7.98. The van der Waals surface area contributed by atoms with E-state index in [1.165, 1.54) is 13.1 Å². The van der Waals surface area contributed by atoms with E-state index >= 15 is 0 Å². The van der Waals surface area contributed by atoms with Gasteiger partial charge in [0.25, 0.3) is 0 Å². The Morgan fingerprint density at radius 2 is 1.68 bits per heavy atom. The maximum Gasteiger partial charge on any atom is 0.240 e. The van der Waals surface area contributed by atoms with Gasteiger partial charge in [0.1, 0.15) is 0 Å². The molecule has 0 saturated heterocycles. The highest BCUT2D eigenvalue weighted by Crippen LogP contribution is 2.14. The lowest BCUT2D eigenvalue weighted by molar-refractivity contribution is 0.578. The number of rotatable bonds is 6. The average Bonchev–Trinajstić information content (AvgIpc) is 2.32. The van der Waals surface area contributed by atoms with Crippen LogP contribution in [0.25, 0.3) is 0 Å². The fourth-order valence-electron chi connectivity index (χ4n) is 1.38. The molecule has 1 rings (SSSR count). The first-order valence-electron chi connectivity index (χ1n) is 5.66. The molecule has 0 radical (unpaired) electrons. The third-order valence-corrected chi connectivity index (χ3v) is 5.58. The van der Waals surface area contributed by atoms with Gasteiger partial charge in [-0.3, -0.25) is 0 Å². The van der Waals surface area contributed by atoms with Crippen molar-refractivity contribution < 1.29 is 16.8 Å². The fourth-order valence-corrected chi connectivity index (χ4v) is 3.20. The zero-order valence-electron chi connectivity index (χ0n) is 11.1. The summed E-state index contributed by atoms with van der Waals surface area (Å²) in [5.41, 5.74) is 1.86. The summed E-state index contributed by atoms with van der Waals surface area (Å²) >= 11 is 0. The van der Waals surface area contributed by atoms with Gasteiger partial charge in [0, 0.05) is 6.54 Å². The molecule has 2 N–H and O–H groups in total. The largest absolute Gasteiger partial charge is 0.240 e. The summed E-state index contributed by atoms with van der Waals surface area (Å²) in [6.07, 6.45) is 0. The zero-order chi connectivity index (χ0) is 14.7. The van der Waals surface area contributed by atoms with Gasteiger partial charge in [0.2, 0.25) is 20.0 Å². The normalized spacial score (nSPS) is 12.6. The van der Waals surface area contributed by atoms with Gasteiger partial charge in [-0.15, -0.1) is 0 Å². The van der Waals surface area contributed by atoms with Crippen LogP contribution >= 0.6 is 0 Å². The van der Waals surface area contributed by atoms with Crippen LogP contribution in [-0.2, 0) is 20.0 Å². The van der Waals surface area contributed by atoms with Crippen molar-refractivity contribution in [3.8, 4) is 0 Å². The molecule has 19 heavy (non-hydrogen) atoms. The molecular formula is C11H18N2O4S2. The molecule has 0 atom stereocenters. The molecule has 0 heterocycles. The van der Waals surface area contributed by atoms with Crippen molar-refractivity contribution in [1.82, 2.24) is 9.44 Å². The molecule has 0 aliphatic heterocycles. The standard InChI is InChI=1S/C11H18N2O4S2/c1-9-4-5-11(8-10(9)2)19(16,17)13-6-7-18(14,15)12-3/h4-5,8,12-13H,6-7H2,1-3H3. The van der Waals surface area contributed by atoms with Crippen molar-refractivity contribution in [2.45, 2.75) is 18.7 Å². The second-order valence-electron chi connectivity index (χ2n) is 4.17. The monoisotopic (exact) mass is 306 g/mol. The Morgan fingerprint density at radius 3 is 2.21 bits per heavy atom. The topological polar surface area (TPSA) is 92.3 Å². The number of sulfonamides is 2. The minimum Gasteiger partial charge on any atom is -0.218 e. The van der Waals surface area contributed by atoms with Crippen LogP contribution in [0.4, 0.5) is 0 Å². The molecule has 0 fully saturated rings. The molecule has 0 unspecified atom stereocenters. The molecule has 0 aliphatic carbocycles. The third kappa shape index (κ3) is 4.57. The van der Waals surface area contributed by atoms with E-state index in [0.717, 1.165) is 11.1 Å². The van der Waals surface area contributed by atoms with E-state index in [4.69, 9.17) is 0 Å². The Balaban J connectivity index is 2.79. The first-order chi connectivity index (χ1) is 8.68. The fraction of sp³-hybridized carbons (Fsp3) is 0.455. The predicted molar refractivity (Wildman–Crippen MR) is 74.0 cm³/mol. The molecule has 6 nitrogen and oxygen atoms in total. The van der Waals surface area contributed by atoms with Crippen LogP contribution in [0, 0.1) is 13.8 Å². The number of aryl methyl sites for hydroxylation is 2. The minimum atomic E-state index is -3.67. The van der Waals surface area contributed by atoms with Gasteiger partial charge in [-0.05, 0) is 44.2 Å². The highest BCUT2D eigenvalue weighted by molar-refractivity contribution is 7.90. The van der Waals surface area contributed by atoms with Crippen LogP contribution in [0.2, 0.25) is 0 Å². The number of hydrogen-bond acceptors (Lipinski definition) is 4. The van der Waals surface area contributed by atoms with Crippen LogP contribution in [0.5, 0.6) is 0 Å². The first kappa shape index (κ1) is 16.1. The molecular weight excluding hydrogens is 288 g/mol. The maximum atomic E-state index is 11.9. The van der Waals surface area contributed by atoms with Gasteiger partial charge in [0.05, 0.1) is 10.6 Å². The Hall–Kier alpha value is -0.960. The van der Waals surface area contributed by atoms with Gasteiger partial charge in [0.15, 0.2) is 0 Å². The molecule has 108 valence electrons. The molecule has 0 aromatic heterocycles. The molecule has 0 bridgehead atoms. The number of nitrogens with one attached hydrogen (secondary N) is 2. The van der Waals surface area contributed by atoms with E-state index in [0.29, 0.717) is 0 Å². The summed E-state index contributed by atoms with van der Waals surface area (Å²) in [5, 5.41) is 0. The highest BCUT2D eigenvalue weighted by atomic mass is 32.2.